The van der Waals surface area contributed by atoms with E-state index in [0.717, 1.165) is 36.6 Å². The first-order valence-corrected chi connectivity index (χ1v) is 8.66. The monoisotopic (exact) mass is 355 g/mol. The Morgan fingerprint density at radius 2 is 1.85 bits per heavy atom. The summed E-state index contributed by atoms with van der Waals surface area (Å²) >= 11 is 0. The molecular formula is C18H18FN5O2. The fourth-order valence-electron chi connectivity index (χ4n) is 3.27. The maximum atomic E-state index is 13.5. The first kappa shape index (κ1) is 16.4. The minimum absolute atomic E-state index is 0.162. The molecule has 0 unspecified atom stereocenters. The van der Waals surface area contributed by atoms with Crippen molar-refractivity contribution in [3.8, 4) is 5.69 Å². The van der Waals surface area contributed by atoms with Gasteiger partial charge in [0.05, 0.1) is 5.69 Å². The standard InChI is InChI=1S/C18H18FN5O2/c19-12-6-5-7-13(10-12)24-16(25)14-11-20-17(21-15(14)22-18(24)26)23-8-3-1-2-4-9-23/h5-7,10-11H,1-4,8-9H2,(H,20,21,22,26). The van der Waals surface area contributed by atoms with Crippen molar-refractivity contribution >= 4 is 17.0 Å². The smallest absolute Gasteiger partial charge is 0.334 e. The van der Waals surface area contributed by atoms with E-state index in [1.807, 2.05) is 0 Å². The molecule has 0 spiro atoms. The molecule has 8 heteroatoms. The maximum absolute atomic E-state index is 13.5. The number of H-pyrrole nitrogens is 1. The van der Waals surface area contributed by atoms with Gasteiger partial charge < -0.3 is 4.90 Å². The summed E-state index contributed by atoms with van der Waals surface area (Å²) in [5.41, 5.74) is -0.873. The van der Waals surface area contributed by atoms with Crippen molar-refractivity contribution in [1.29, 1.82) is 0 Å². The number of anilines is 1. The molecule has 0 bridgehead atoms. The largest absolute Gasteiger partial charge is 0.341 e. The van der Waals surface area contributed by atoms with E-state index in [-0.39, 0.29) is 16.7 Å². The fourth-order valence-corrected chi connectivity index (χ4v) is 3.27. The van der Waals surface area contributed by atoms with Gasteiger partial charge in [0.2, 0.25) is 5.95 Å². The van der Waals surface area contributed by atoms with Gasteiger partial charge in [-0.1, -0.05) is 18.9 Å². The predicted molar refractivity (Wildman–Crippen MR) is 96.4 cm³/mol. The zero-order valence-corrected chi connectivity index (χ0v) is 14.1. The molecule has 1 aliphatic heterocycles. The molecule has 0 amide bonds. The third-order valence-corrected chi connectivity index (χ3v) is 4.59. The number of hydrogen-bond acceptors (Lipinski definition) is 5. The van der Waals surface area contributed by atoms with Crippen LogP contribution in [0.1, 0.15) is 25.7 Å². The number of halogens is 1. The van der Waals surface area contributed by atoms with Crippen LogP contribution in [0.4, 0.5) is 10.3 Å². The first-order chi connectivity index (χ1) is 12.6. The molecular weight excluding hydrogens is 337 g/mol. The van der Waals surface area contributed by atoms with Crippen LogP contribution in [0.5, 0.6) is 0 Å². The Labute approximate surface area is 148 Å². The second kappa shape index (κ2) is 6.70. The maximum Gasteiger partial charge on any atom is 0.334 e. The van der Waals surface area contributed by atoms with Crippen molar-refractivity contribution in [3.05, 3.63) is 57.1 Å². The van der Waals surface area contributed by atoms with Crippen molar-refractivity contribution in [2.75, 3.05) is 18.0 Å². The summed E-state index contributed by atoms with van der Waals surface area (Å²) in [6.45, 7) is 1.71. The molecule has 3 aromatic rings. The van der Waals surface area contributed by atoms with Crippen molar-refractivity contribution < 1.29 is 4.39 Å². The van der Waals surface area contributed by atoms with E-state index in [1.54, 1.807) is 0 Å². The lowest BCUT2D eigenvalue weighted by molar-refractivity contribution is 0.626. The Kier molecular flexibility index (Phi) is 4.24. The number of aromatic amines is 1. The predicted octanol–water partition coefficient (Wildman–Crippen LogP) is 1.99. The van der Waals surface area contributed by atoms with Crippen molar-refractivity contribution in [3.63, 3.8) is 0 Å². The van der Waals surface area contributed by atoms with Crippen molar-refractivity contribution in [1.82, 2.24) is 19.5 Å². The molecule has 0 atom stereocenters. The molecule has 0 radical (unpaired) electrons. The summed E-state index contributed by atoms with van der Waals surface area (Å²) in [6.07, 6.45) is 5.92. The average molecular weight is 355 g/mol. The van der Waals surface area contributed by atoms with Crippen LogP contribution < -0.4 is 16.1 Å². The quantitative estimate of drug-likeness (QED) is 0.760. The molecule has 1 N–H and O–H groups in total. The van der Waals surface area contributed by atoms with E-state index in [1.165, 1.54) is 37.2 Å². The molecule has 1 fully saturated rings. The van der Waals surface area contributed by atoms with Gasteiger partial charge in [0.15, 0.2) is 5.65 Å². The zero-order chi connectivity index (χ0) is 18.1. The van der Waals surface area contributed by atoms with E-state index in [2.05, 4.69) is 19.9 Å². The van der Waals surface area contributed by atoms with Crippen LogP contribution >= 0.6 is 0 Å². The molecule has 4 rings (SSSR count). The molecule has 0 saturated carbocycles. The van der Waals surface area contributed by atoms with Gasteiger partial charge in [0.1, 0.15) is 11.2 Å². The van der Waals surface area contributed by atoms with Crippen LogP contribution in [-0.4, -0.2) is 32.6 Å². The summed E-state index contributed by atoms with van der Waals surface area (Å²) in [5.74, 6) is -0.0142. The number of nitrogens with zero attached hydrogens (tertiary/aromatic N) is 4. The molecule has 1 saturated heterocycles. The SMILES string of the molecule is O=c1[nH]c2nc(N3CCCCCC3)ncc2c(=O)n1-c1cccc(F)c1. The normalized spacial score (nSPS) is 15.2. The molecule has 1 aliphatic rings. The summed E-state index contributed by atoms with van der Waals surface area (Å²) in [4.78, 5) is 38.5. The number of nitrogens with one attached hydrogen (secondary N) is 1. The topological polar surface area (TPSA) is 83.9 Å². The van der Waals surface area contributed by atoms with Gasteiger partial charge in [0.25, 0.3) is 5.56 Å². The summed E-state index contributed by atoms with van der Waals surface area (Å²) in [5, 5.41) is 0.187. The lowest BCUT2D eigenvalue weighted by Crippen LogP contribution is -2.34. The Morgan fingerprint density at radius 3 is 2.58 bits per heavy atom. The van der Waals surface area contributed by atoms with E-state index in [9.17, 15) is 14.0 Å². The zero-order valence-electron chi connectivity index (χ0n) is 14.1. The number of aromatic nitrogens is 4. The van der Waals surface area contributed by atoms with E-state index in [4.69, 9.17) is 0 Å². The van der Waals surface area contributed by atoms with E-state index >= 15 is 0 Å². The van der Waals surface area contributed by atoms with Gasteiger partial charge in [-0.3, -0.25) is 9.78 Å². The molecule has 1 aromatic carbocycles. The van der Waals surface area contributed by atoms with Gasteiger partial charge in [-0.15, -0.1) is 0 Å². The third-order valence-electron chi connectivity index (χ3n) is 4.59. The minimum Gasteiger partial charge on any atom is -0.341 e. The highest BCUT2D eigenvalue weighted by Crippen LogP contribution is 2.16. The number of benzene rings is 1. The van der Waals surface area contributed by atoms with Crippen LogP contribution in [0, 0.1) is 5.82 Å². The molecule has 0 aliphatic carbocycles. The highest BCUT2D eigenvalue weighted by atomic mass is 19.1. The molecule has 3 heterocycles. The van der Waals surface area contributed by atoms with Gasteiger partial charge in [-0.05, 0) is 31.0 Å². The highest BCUT2D eigenvalue weighted by molar-refractivity contribution is 5.73. The second-order valence-electron chi connectivity index (χ2n) is 6.38. The third kappa shape index (κ3) is 2.98. The number of rotatable bonds is 2. The minimum atomic E-state index is -0.659. The van der Waals surface area contributed by atoms with Gasteiger partial charge in [0, 0.05) is 19.3 Å². The highest BCUT2D eigenvalue weighted by Gasteiger charge is 2.16. The first-order valence-electron chi connectivity index (χ1n) is 8.66. The Balaban J connectivity index is 1.83. The second-order valence-corrected chi connectivity index (χ2v) is 6.38. The molecule has 2 aromatic heterocycles. The molecule has 7 nitrogen and oxygen atoms in total. The number of hydrogen-bond donors (Lipinski definition) is 1. The van der Waals surface area contributed by atoms with Gasteiger partial charge in [-0.25, -0.2) is 18.7 Å². The number of fused-ring (bicyclic) bond motifs is 1. The molecule has 134 valence electrons. The lowest BCUT2D eigenvalue weighted by atomic mass is 10.2. The van der Waals surface area contributed by atoms with Gasteiger partial charge in [-0.2, -0.15) is 4.98 Å². The molecule has 26 heavy (non-hydrogen) atoms. The average Bonchev–Trinajstić information content (AvgIpc) is 2.91. The van der Waals surface area contributed by atoms with Crippen molar-refractivity contribution in [2.24, 2.45) is 0 Å². The Morgan fingerprint density at radius 1 is 1.08 bits per heavy atom. The summed E-state index contributed by atoms with van der Waals surface area (Å²) in [7, 11) is 0. The van der Waals surface area contributed by atoms with Gasteiger partial charge >= 0.3 is 5.69 Å². The lowest BCUT2D eigenvalue weighted by Gasteiger charge is -2.20. The van der Waals surface area contributed by atoms with Crippen LogP contribution in [0.3, 0.4) is 0 Å². The Hall–Kier alpha value is -3.03. The summed E-state index contributed by atoms with van der Waals surface area (Å²) in [6, 6.07) is 5.33. The van der Waals surface area contributed by atoms with Crippen molar-refractivity contribution in [2.45, 2.75) is 25.7 Å². The van der Waals surface area contributed by atoms with Crippen LogP contribution in [0.15, 0.2) is 40.1 Å². The van der Waals surface area contributed by atoms with Crippen LogP contribution in [0.25, 0.3) is 16.7 Å². The Bertz CT molecular complexity index is 1070. The fraction of sp³-hybridized carbons (Fsp3) is 0.333. The van der Waals surface area contributed by atoms with E-state index in [0.29, 0.717) is 5.95 Å². The van der Waals surface area contributed by atoms with Crippen LogP contribution in [-0.2, 0) is 0 Å². The summed E-state index contributed by atoms with van der Waals surface area (Å²) < 4.78 is 14.4. The van der Waals surface area contributed by atoms with E-state index < -0.39 is 17.1 Å². The van der Waals surface area contributed by atoms with Crippen LogP contribution in [0.2, 0.25) is 0 Å².